The predicted molar refractivity (Wildman–Crippen MR) is 133 cm³/mol. The number of para-hydroxylation sites is 1. The first-order valence-corrected chi connectivity index (χ1v) is 11.5. The molecule has 1 amide bonds. The van der Waals surface area contributed by atoms with Gasteiger partial charge in [0, 0.05) is 62.3 Å². The van der Waals surface area contributed by atoms with Crippen molar-refractivity contribution in [3.8, 4) is 11.3 Å². The molecule has 1 aromatic carbocycles. The number of aromatic nitrogens is 5. The van der Waals surface area contributed by atoms with E-state index in [0.717, 1.165) is 47.2 Å². The summed E-state index contributed by atoms with van der Waals surface area (Å²) in [6.45, 7) is 3.61. The van der Waals surface area contributed by atoms with Crippen LogP contribution in [0.1, 0.15) is 15.9 Å². The van der Waals surface area contributed by atoms with Crippen LogP contribution in [0.25, 0.3) is 22.2 Å². The van der Waals surface area contributed by atoms with E-state index in [1.54, 1.807) is 31.7 Å². The van der Waals surface area contributed by atoms with Crippen LogP contribution in [0.2, 0.25) is 0 Å². The molecule has 1 aliphatic heterocycles. The van der Waals surface area contributed by atoms with Gasteiger partial charge in [-0.1, -0.05) is 18.2 Å². The molecule has 5 rings (SSSR count). The summed E-state index contributed by atoms with van der Waals surface area (Å²) in [4.78, 5) is 36.6. The second kappa shape index (κ2) is 10.4. The highest BCUT2D eigenvalue weighted by Gasteiger charge is 2.14. The van der Waals surface area contributed by atoms with Crippen molar-refractivity contribution in [3.05, 3.63) is 66.4 Å². The summed E-state index contributed by atoms with van der Waals surface area (Å²) >= 11 is 0. The Hall–Kier alpha value is -4.18. The fourth-order valence-electron chi connectivity index (χ4n) is 4.09. The SMILES string of the molecule is CNC(=O)c1ccnc2c(CCNc3cc(-c4cnc(N5CCOCC5)nc4)ncn3)cccc12. The number of fused-ring (bicyclic) bond motifs is 1. The third-order valence-corrected chi connectivity index (χ3v) is 5.92. The predicted octanol–water partition coefficient (Wildman–Crippen LogP) is 2.33. The molecule has 0 unspecified atom stereocenters. The van der Waals surface area contributed by atoms with Gasteiger partial charge in [-0.25, -0.2) is 19.9 Å². The number of rotatable bonds is 7. The molecule has 4 aromatic rings. The van der Waals surface area contributed by atoms with Gasteiger partial charge in [0.2, 0.25) is 5.95 Å². The van der Waals surface area contributed by atoms with Crippen LogP contribution in [0.4, 0.5) is 11.8 Å². The van der Waals surface area contributed by atoms with E-state index in [-0.39, 0.29) is 5.91 Å². The third kappa shape index (κ3) is 5.02. The first kappa shape index (κ1) is 22.6. The molecule has 0 spiro atoms. The topological polar surface area (TPSA) is 118 Å². The minimum Gasteiger partial charge on any atom is -0.378 e. The Balaban J connectivity index is 1.26. The fraction of sp³-hybridized carbons (Fsp3) is 0.280. The summed E-state index contributed by atoms with van der Waals surface area (Å²) in [5, 5.41) is 6.89. The Bertz CT molecular complexity index is 1320. The number of hydrogen-bond acceptors (Lipinski definition) is 9. The number of amides is 1. The quantitative estimate of drug-likeness (QED) is 0.419. The normalized spacial score (nSPS) is 13.6. The molecule has 10 heteroatoms. The standard InChI is InChI=1S/C25H26N8O2/c1-26-24(34)20-6-8-28-23-17(3-2-4-19(20)23)5-7-27-22-13-21(31-16-32-22)18-14-29-25(30-15-18)33-9-11-35-12-10-33/h2-4,6,8,13-16H,5,7,9-12H2,1H3,(H,26,34)(H,27,31,32). The number of nitrogens with zero attached hydrogens (tertiary/aromatic N) is 6. The van der Waals surface area contributed by atoms with Gasteiger partial charge in [0.15, 0.2) is 0 Å². The molecule has 2 N–H and O–H groups in total. The van der Waals surface area contributed by atoms with E-state index in [9.17, 15) is 4.79 Å². The maximum absolute atomic E-state index is 12.2. The second-order valence-corrected chi connectivity index (χ2v) is 8.09. The molecule has 0 atom stereocenters. The summed E-state index contributed by atoms with van der Waals surface area (Å²) in [5.74, 6) is 1.29. The van der Waals surface area contributed by atoms with E-state index < -0.39 is 0 Å². The summed E-state index contributed by atoms with van der Waals surface area (Å²) in [6, 6.07) is 9.53. The van der Waals surface area contributed by atoms with E-state index in [1.165, 1.54) is 6.33 Å². The van der Waals surface area contributed by atoms with Crippen molar-refractivity contribution in [2.45, 2.75) is 6.42 Å². The van der Waals surface area contributed by atoms with E-state index in [1.807, 2.05) is 24.3 Å². The average molecular weight is 471 g/mol. The molecule has 1 fully saturated rings. The second-order valence-electron chi connectivity index (χ2n) is 8.09. The number of benzene rings is 1. The minimum atomic E-state index is -0.122. The van der Waals surface area contributed by atoms with Crippen molar-refractivity contribution < 1.29 is 9.53 Å². The fourth-order valence-corrected chi connectivity index (χ4v) is 4.09. The van der Waals surface area contributed by atoms with Gasteiger partial charge < -0.3 is 20.3 Å². The van der Waals surface area contributed by atoms with Crippen molar-refractivity contribution in [1.82, 2.24) is 30.2 Å². The van der Waals surface area contributed by atoms with Gasteiger partial charge in [-0.2, -0.15) is 0 Å². The molecule has 0 saturated carbocycles. The minimum absolute atomic E-state index is 0.122. The number of carbonyl (C=O) groups is 1. The first-order chi connectivity index (χ1) is 17.2. The van der Waals surface area contributed by atoms with Crippen molar-refractivity contribution in [2.75, 3.05) is 50.1 Å². The van der Waals surface area contributed by atoms with Crippen LogP contribution < -0.4 is 15.5 Å². The van der Waals surface area contributed by atoms with Crippen molar-refractivity contribution in [2.24, 2.45) is 0 Å². The highest BCUT2D eigenvalue weighted by molar-refractivity contribution is 6.06. The molecular formula is C25H26N8O2. The molecule has 10 nitrogen and oxygen atoms in total. The van der Waals surface area contributed by atoms with Crippen LogP contribution >= 0.6 is 0 Å². The zero-order chi connectivity index (χ0) is 24.0. The van der Waals surface area contributed by atoms with Gasteiger partial charge in [-0.15, -0.1) is 0 Å². The van der Waals surface area contributed by atoms with Crippen LogP contribution in [-0.2, 0) is 11.2 Å². The number of pyridine rings is 1. The summed E-state index contributed by atoms with van der Waals surface area (Å²) < 4.78 is 5.39. The Morgan fingerprint density at radius 1 is 1.06 bits per heavy atom. The molecule has 1 saturated heterocycles. The molecule has 35 heavy (non-hydrogen) atoms. The smallest absolute Gasteiger partial charge is 0.251 e. The number of carbonyl (C=O) groups excluding carboxylic acids is 1. The largest absolute Gasteiger partial charge is 0.378 e. The lowest BCUT2D eigenvalue weighted by molar-refractivity contribution is 0.0964. The Kier molecular flexibility index (Phi) is 6.71. The molecule has 0 radical (unpaired) electrons. The van der Waals surface area contributed by atoms with Gasteiger partial charge >= 0.3 is 0 Å². The van der Waals surface area contributed by atoms with E-state index in [4.69, 9.17) is 4.74 Å². The van der Waals surface area contributed by atoms with Crippen LogP contribution in [0.3, 0.4) is 0 Å². The number of hydrogen-bond donors (Lipinski definition) is 2. The van der Waals surface area contributed by atoms with Gasteiger partial charge in [0.25, 0.3) is 5.91 Å². The van der Waals surface area contributed by atoms with E-state index in [0.29, 0.717) is 37.1 Å². The van der Waals surface area contributed by atoms with Crippen LogP contribution in [0.5, 0.6) is 0 Å². The van der Waals surface area contributed by atoms with Gasteiger partial charge in [0.1, 0.15) is 12.1 Å². The molecule has 3 aromatic heterocycles. The van der Waals surface area contributed by atoms with Crippen molar-refractivity contribution in [1.29, 1.82) is 0 Å². The first-order valence-electron chi connectivity index (χ1n) is 11.5. The monoisotopic (exact) mass is 470 g/mol. The molecule has 0 aliphatic carbocycles. The molecule has 0 bridgehead atoms. The summed E-state index contributed by atoms with van der Waals surface area (Å²) in [6.07, 6.45) is 7.50. The van der Waals surface area contributed by atoms with Crippen molar-refractivity contribution in [3.63, 3.8) is 0 Å². The zero-order valence-electron chi connectivity index (χ0n) is 19.4. The Labute approximate surface area is 202 Å². The molecule has 1 aliphatic rings. The van der Waals surface area contributed by atoms with Gasteiger partial charge in [-0.05, 0) is 18.1 Å². The number of anilines is 2. The lowest BCUT2D eigenvalue weighted by Gasteiger charge is -2.26. The van der Waals surface area contributed by atoms with E-state index in [2.05, 4.69) is 40.5 Å². The summed E-state index contributed by atoms with van der Waals surface area (Å²) in [5.41, 5.74) is 4.08. The van der Waals surface area contributed by atoms with Crippen LogP contribution in [-0.4, -0.2) is 70.7 Å². The third-order valence-electron chi connectivity index (χ3n) is 5.92. The Morgan fingerprint density at radius 3 is 2.69 bits per heavy atom. The van der Waals surface area contributed by atoms with Gasteiger partial charge in [-0.3, -0.25) is 9.78 Å². The number of nitrogens with one attached hydrogen (secondary N) is 2. The number of morpholine rings is 1. The molecule has 4 heterocycles. The summed E-state index contributed by atoms with van der Waals surface area (Å²) in [7, 11) is 1.63. The Morgan fingerprint density at radius 2 is 1.89 bits per heavy atom. The maximum atomic E-state index is 12.2. The van der Waals surface area contributed by atoms with Crippen LogP contribution in [0, 0.1) is 0 Å². The molecular weight excluding hydrogens is 444 g/mol. The average Bonchev–Trinajstić information content (AvgIpc) is 2.93. The van der Waals surface area contributed by atoms with Crippen molar-refractivity contribution >= 4 is 28.6 Å². The lowest BCUT2D eigenvalue weighted by atomic mass is 10.0. The number of ether oxygens (including phenoxy) is 1. The molecule has 178 valence electrons. The zero-order valence-corrected chi connectivity index (χ0v) is 19.4. The highest BCUT2D eigenvalue weighted by Crippen LogP contribution is 2.22. The maximum Gasteiger partial charge on any atom is 0.251 e. The van der Waals surface area contributed by atoms with Gasteiger partial charge in [0.05, 0.1) is 30.0 Å². The lowest BCUT2D eigenvalue weighted by Crippen LogP contribution is -2.37. The van der Waals surface area contributed by atoms with E-state index >= 15 is 0 Å². The van der Waals surface area contributed by atoms with Crippen LogP contribution in [0.15, 0.2) is 55.2 Å². The highest BCUT2D eigenvalue weighted by atomic mass is 16.5.